The fourth-order valence-corrected chi connectivity index (χ4v) is 2.87. The van der Waals surface area contributed by atoms with Crippen LogP contribution in [0.4, 0.5) is 0 Å². The number of rotatable bonds is 5. The van der Waals surface area contributed by atoms with Gasteiger partial charge < -0.3 is 5.32 Å². The van der Waals surface area contributed by atoms with Crippen molar-refractivity contribution >= 4 is 0 Å². The van der Waals surface area contributed by atoms with Gasteiger partial charge in [-0.05, 0) is 25.7 Å². The number of unbranched alkanes of at least 4 members (excludes halogenated alkanes) is 1. The molecule has 1 saturated heterocycles. The summed E-state index contributed by atoms with van der Waals surface area (Å²) in [5.41, 5.74) is 0.553. The molecule has 1 aliphatic heterocycles. The minimum atomic E-state index is 0.553. The average Bonchev–Trinajstić information content (AvgIpc) is 2.99. The van der Waals surface area contributed by atoms with Crippen molar-refractivity contribution in [2.24, 2.45) is 0 Å². The fourth-order valence-electron chi connectivity index (χ4n) is 2.87. The van der Waals surface area contributed by atoms with Crippen molar-refractivity contribution in [1.29, 1.82) is 0 Å². The Bertz CT molecular complexity index is 199. The van der Waals surface area contributed by atoms with Crippen LogP contribution >= 0.6 is 0 Å². The smallest absolute Gasteiger partial charge is 0.0310 e. The highest BCUT2D eigenvalue weighted by Gasteiger charge is 2.46. The third kappa shape index (κ3) is 2.73. The van der Waals surface area contributed by atoms with Gasteiger partial charge in [-0.15, -0.1) is 0 Å². The molecule has 0 radical (unpaired) electrons. The van der Waals surface area contributed by atoms with Gasteiger partial charge in [0.25, 0.3) is 0 Å². The summed E-state index contributed by atoms with van der Waals surface area (Å²) in [6, 6.07) is 0.851. The van der Waals surface area contributed by atoms with E-state index in [9.17, 15) is 0 Å². The summed E-state index contributed by atoms with van der Waals surface area (Å²) >= 11 is 0. The second kappa shape index (κ2) is 4.84. The third-order valence-corrected chi connectivity index (χ3v) is 4.14. The summed E-state index contributed by atoms with van der Waals surface area (Å²) in [6.45, 7) is 8.44. The largest absolute Gasteiger partial charge is 0.309 e. The van der Waals surface area contributed by atoms with E-state index >= 15 is 0 Å². The van der Waals surface area contributed by atoms with Crippen LogP contribution in [0.1, 0.15) is 52.4 Å². The van der Waals surface area contributed by atoms with Gasteiger partial charge in [0, 0.05) is 31.2 Å². The minimum Gasteiger partial charge on any atom is -0.309 e. The maximum Gasteiger partial charge on any atom is 0.0310 e. The van der Waals surface area contributed by atoms with E-state index in [4.69, 9.17) is 0 Å². The van der Waals surface area contributed by atoms with Crippen LogP contribution in [0.15, 0.2) is 0 Å². The van der Waals surface area contributed by atoms with Gasteiger partial charge >= 0.3 is 0 Å². The number of nitrogens with one attached hydrogen (secondary N) is 1. The van der Waals surface area contributed by atoms with Crippen LogP contribution in [0.3, 0.4) is 0 Å². The van der Waals surface area contributed by atoms with Crippen molar-refractivity contribution in [3.05, 3.63) is 0 Å². The molecular formula is C13H26N2. The molecule has 2 heteroatoms. The van der Waals surface area contributed by atoms with E-state index in [0.29, 0.717) is 5.54 Å². The maximum atomic E-state index is 3.69. The van der Waals surface area contributed by atoms with E-state index in [2.05, 4.69) is 24.1 Å². The van der Waals surface area contributed by atoms with Crippen LogP contribution in [-0.2, 0) is 0 Å². The Balaban J connectivity index is 1.83. The van der Waals surface area contributed by atoms with E-state index in [1.165, 1.54) is 58.2 Å². The second-order valence-electron chi connectivity index (χ2n) is 5.38. The van der Waals surface area contributed by atoms with Gasteiger partial charge in [0.2, 0.25) is 0 Å². The second-order valence-corrected chi connectivity index (χ2v) is 5.38. The molecule has 2 fully saturated rings. The van der Waals surface area contributed by atoms with Gasteiger partial charge in [-0.25, -0.2) is 0 Å². The van der Waals surface area contributed by atoms with E-state index in [1.54, 1.807) is 0 Å². The quantitative estimate of drug-likeness (QED) is 0.749. The monoisotopic (exact) mass is 210 g/mol. The number of nitrogens with zero attached hydrogens (tertiary/aromatic N) is 1. The van der Waals surface area contributed by atoms with Crippen LogP contribution in [0, 0.1) is 0 Å². The predicted molar refractivity (Wildman–Crippen MR) is 65.1 cm³/mol. The lowest BCUT2D eigenvalue weighted by Gasteiger charge is -2.39. The molecule has 1 unspecified atom stereocenters. The van der Waals surface area contributed by atoms with Crippen molar-refractivity contribution in [1.82, 2.24) is 10.2 Å². The minimum absolute atomic E-state index is 0.553. The highest BCUT2D eigenvalue weighted by molar-refractivity contribution is 5.07. The molecule has 0 aromatic heterocycles. The molecule has 1 aliphatic carbocycles. The molecule has 1 saturated carbocycles. The lowest BCUT2D eigenvalue weighted by molar-refractivity contribution is 0.124. The molecule has 0 aromatic rings. The third-order valence-electron chi connectivity index (χ3n) is 4.14. The highest BCUT2D eigenvalue weighted by atomic mass is 15.3. The lowest BCUT2D eigenvalue weighted by Crippen LogP contribution is -2.55. The molecule has 1 atom stereocenters. The van der Waals surface area contributed by atoms with Gasteiger partial charge in [-0.1, -0.05) is 26.7 Å². The summed E-state index contributed by atoms with van der Waals surface area (Å²) in [4.78, 5) is 2.75. The Kier molecular flexibility index (Phi) is 3.68. The zero-order chi connectivity index (χ0) is 10.7. The Morgan fingerprint density at radius 2 is 2.13 bits per heavy atom. The molecule has 1 spiro atoms. The molecular weight excluding hydrogens is 184 g/mol. The average molecular weight is 210 g/mol. The summed E-state index contributed by atoms with van der Waals surface area (Å²) in [5.74, 6) is 0. The zero-order valence-electron chi connectivity index (χ0n) is 10.4. The normalized spacial score (nSPS) is 26.8. The van der Waals surface area contributed by atoms with Gasteiger partial charge in [0.05, 0.1) is 0 Å². The lowest BCUT2D eigenvalue weighted by atomic mass is 10.0. The fraction of sp³-hybridized carbons (Fsp3) is 1.00. The topological polar surface area (TPSA) is 15.3 Å². The van der Waals surface area contributed by atoms with Crippen LogP contribution in [0.2, 0.25) is 0 Å². The zero-order valence-corrected chi connectivity index (χ0v) is 10.4. The SMILES string of the molecule is CCCCC(CC)N1CCNC2(CC2)C1. The molecule has 1 heterocycles. The first-order valence-electron chi connectivity index (χ1n) is 6.79. The molecule has 0 amide bonds. The van der Waals surface area contributed by atoms with Crippen LogP contribution in [0.5, 0.6) is 0 Å². The predicted octanol–water partition coefficient (Wildman–Crippen LogP) is 2.39. The molecule has 1 N–H and O–H groups in total. The van der Waals surface area contributed by atoms with E-state index < -0.39 is 0 Å². The Morgan fingerprint density at radius 3 is 2.73 bits per heavy atom. The van der Waals surface area contributed by atoms with Crippen molar-refractivity contribution < 1.29 is 0 Å². The van der Waals surface area contributed by atoms with Gasteiger partial charge in [0.15, 0.2) is 0 Å². The Labute approximate surface area is 94.4 Å². The van der Waals surface area contributed by atoms with Gasteiger partial charge in [0.1, 0.15) is 0 Å². The van der Waals surface area contributed by atoms with Crippen molar-refractivity contribution in [2.45, 2.75) is 64.0 Å². The van der Waals surface area contributed by atoms with Crippen LogP contribution < -0.4 is 5.32 Å². The van der Waals surface area contributed by atoms with E-state index in [-0.39, 0.29) is 0 Å². The van der Waals surface area contributed by atoms with E-state index in [0.717, 1.165) is 6.04 Å². The molecule has 2 nitrogen and oxygen atoms in total. The first-order valence-corrected chi connectivity index (χ1v) is 6.79. The molecule has 0 aromatic carbocycles. The summed E-state index contributed by atoms with van der Waals surface area (Å²) < 4.78 is 0. The summed E-state index contributed by atoms with van der Waals surface area (Å²) in [5, 5.41) is 3.69. The molecule has 2 rings (SSSR count). The molecule has 0 bridgehead atoms. The van der Waals surface area contributed by atoms with Gasteiger partial charge in [-0.2, -0.15) is 0 Å². The summed E-state index contributed by atoms with van der Waals surface area (Å²) in [7, 11) is 0. The Morgan fingerprint density at radius 1 is 1.33 bits per heavy atom. The van der Waals surface area contributed by atoms with Crippen LogP contribution in [-0.4, -0.2) is 36.1 Å². The number of hydrogen-bond donors (Lipinski definition) is 1. The van der Waals surface area contributed by atoms with Gasteiger partial charge in [-0.3, -0.25) is 4.90 Å². The molecule has 15 heavy (non-hydrogen) atoms. The van der Waals surface area contributed by atoms with Crippen molar-refractivity contribution in [2.75, 3.05) is 19.6 Å². The van der Waals surface area contributed by atoms with Crippen molar-refractivity contribution in [3.63, 3.8) is 0 Å². The number of piperazine rings is 1. The van der Waals surface area contributed by atoms with Crippen LogP contribution in [0.25, 0.3) is 0 Å². The maximum absolute atomic E-state index is 3.69. The molecule has 88 valence electrons. The molecule has 2 aliphatic rings. The standard InChI is InChI=1S/C13H26N2/c1-3-5-6-12(4-2)15-10-9-14-13(11-15)7-8-13/h12,14H,3-11H2,1-2H3. The highest BCUT2D eigenvalue weighted by Crippen LogP contribution is 2.38. The number of hydrogen-bond acceptors (Lipinski definition) is 2. The Hall–Kier alpha value is -0.0800. The summed E-state index contributed by atoms with van der Waals surface area (Å²) in [6.07, 6.45) is 8.30. The van der Waals surface area contributed by atoms with Crippen molar-refractivity contribution in [3.8, 4) is 0 Å². The van der Waals surface area contributed by atoms with E-state index in [1.807, 2.05) is 0 Å². The first-order chi connectivity index (χ1) is 7.29. The first kappa shape index (κ1) is 11.4.